The van der Waals surface area contributed by atoms with Crippen LogP contribution in [0.5, 0.6) is 0 Å². The summed E-state index contributed by atoms with van der Waals surface area (Å²) in [4.78, 5) is 34.2. The van der Waals surface area contributed by atoms with Crippen LogP contribution in [0.4, 0.5) is 5.69 Å². The molecule has 1 aromatic heterocycles. The number of thiol groups is 1. The van der Waals surface area contributed by atoms with E-state index in [0.717, 1.165) is 4.57 Å². The maximum Gasteiger partial charge on any atom is 0.330 e. The van der Waals surface area contributed by atoms with E-state index >= 15 is 0 Å². The van der Waals surface area contributed by atoms with Crippen LogP contribution in [0.25, 0.3) is 0 Å². The molecule has 0 saturated carbocycles. The van der Waals surface area contributed by atoms with E-state index in [1.54, 1.807) is 0 Å². The predicted octanol–water partition coefficient (Wildman–Crippen LogP) is -0.658. The molecule has 0 aliphatic rings. The van der Waals surface area contributed by atoms with E-state index in [0.29, 0.717) is 5.75 Å². The monoisotopic (exact) mass is 243 g/mol. The molecule has 16 heavy (non-hydrogen) atoms. The SMILES string of the molecule is Cn1cc(NC(=O)CCS)c(=O)n(C)c1=O. The second-order valence-corrected chi connectivity index (χ2v) is 3.77. The number of aryl methyl sites for hydroxylation is 1. The van der Waals surface area contributed by atoms with Crippen molar-refractivity contribution < 1.29 is 4.79 Å². The van der Waals surface area contributed by atoms with E-state index < -0.39 is 11.2 Å². The summed E-state index contributed by atoms with van der Waals surface area (Å²) in [5.41, 5.74) is -0.857. The number of hydrogen-bond acceptors (Lipinski definition) is 4. The summed E-state index contributed by atoms with van der Waals surface area (Å²) < 4.78 is 2.17. The summed E-state index contributed by atoms with van der Waals surface area (Å²) in [6.45, 7) is 0. The highest BCUT2D eigenvalue weighted by molar-refractivity contribution is 7.80. The van der Waals surface area contributed by atoms with Gasteiger partial charge in [-0.3, -0.25) is 14.2 Å². The van der Waals surface area contributed by atoms with Gasteiger partial charge in [-0.1, -0.05) is 0 Å². The number of carbonyl (C=O) groups excluding carboxylic acids is 1. The molecule has 1 rings (SSSR count). The summed E-state index contributed by atoms with van der Waals surface area (Å²) in [6.07, 6.45) is 1.52. The molecule has 88 valence electrons. The Hall–Kier alpha value is -1.50. The lowest BCUT2D eigenvalue weighted by Gasteiger charge is -2.07. The zero-order valence-corrected chi connectivity index (χ0v) is 9.95. The molecule has 1 heterocycles. The van der Waals surface area contributed by atoms with E-state index in [2.05, 4.69) is 17.9 Å². The van der Waals surface area contributed by atoms with Gasteiger partial charge in [-0.2, -0.15) is 12.6 Å². The van der Waals surface area contributed by atoms with Crippen molar-refractivity contribution in [2.24, 2.45) is 14.1 Å². The van der Waals surface area contributed by atoms with Crippen LogP contribution >= 0.6 is 12.6 Å². The maximum atomic E-state index is 11.6. The Morgan fingerprint density at radius 1 is 1.44 bits per heavy atom. The van der Waals surface area contributed by atoms with Crippen LogP contribution in [0.15, 0.2) is 15.8 Å². The van der Waals surface area contributed by atoms with Gasteiger partial charge in [0, 0.05) is 26.7 Å². The molecule has 0 aromatic carbocycles. The van der Waals surface area contributed by atoms with Gasteiger partial charge in [-0.15, -0.1) is 0 Å². The van der Waals surface area contributed by atoms with Crippen LogP contribution in [0.2, 0.25) is 0 Å². The predicted molar refractivity (Wildman–Crippen MR) is 64.0 cm³/mol. The number of amides is 1. The highest BCUT2D eigenvalue weighted by Crippen LogP contribution is 1.97. The van der Waals surface area contributed by atoms with Crippen LogP contribution in [-0.2, 0) is 18.9 Å². The van der Waals surface area contributed by atoms with Crippen molar-refractivity contribution in [2.75, 3.05) is 11.1 Å². The first-order valence-corrected chi connectivity index (χ1v) is 5.28. The number of carbonyl (C=O) groups is 1. The Kier molecular flexibility index (Phi) is 3.94. The molecule has 1 N–H and O–H groups in total. The highest BCUT2D eigenvalue weighted by atomic mass is 32.1. The van der Waals surface area contributed by atoms with Gasteiger partial charge < -0.3 is 9.88 Å². The van der Waals surface area contributed by atoms with Crippen molar-refractivity contribution in [1.29, 1.82) is 0 Å². The fraction of sp³-hybridized carbons (Fsp3) is 0.444. The lowest BCUT2D eigenvalue weighted by Crippen LogP contribution is -2.38. The van der Waals surface area contributed by atoms with Gasteiger partial charge in [0.15, 0.2) is 0 Å². The zero-order valence-electron chi connectivity index (χ0n) is 9.06. The minimum Gasteiger partial charge on any atom is -0.320 e. The molecule has 0 bridgehead atoms. The minimum atomic E-state index is -0.518. The fourth-order valence-corrected chi connectivity index (χ4v) is 1.41. The van der Waals surface area contributed by atoms with E-state index in [-0.39, 0.29) is 18.0 Å². The quantitative estimate of drug-likeness (QED) is 0.692. The number of anilines is 1. The standard InChI is InChI=1S/C9H13N3O3S/c1-11-5-6(10-7(13)3-4-16)8(14)12(2)9(11)15/h5,16H,3-4H2,1-2H3,(H,10,13). The summed E-state index contributed by atoms with van der Waals surface area (Å²) in [5.74, 6) is 0.100. The summed E-state index contributed by atoms with van der Waals surface area (Å²) in [7, 11) is 2.87. The van der Waals surface area contributed by atoms with E-state index in [1.807, 2.05) is 0 Å². The number of hydrogen-bond donors (Lipinski definition) is 2. The molecule has 1 aromatic rings. The molecule has 0 aliphatic heterocycles. The van der Waals surface area contributed by atoms with E-state index in [9.17, 15) is 14.4 Å². The lowest BCUT2D eigenvalue weighted by molar-refractivity contribution is -0.115. The largest absolute Gasteiger partial charge is 0.330 e. The Balaban J connectivity index is 3.12. The third kappa shape index (κ3) is 2.54. The van der Waals surface area contributed by atoms with E-state index in [4.69, 9.17) is 0 Å². The Labute approximate surface area is 97.3 Å². The number of nitrogens with zero attached hydrogens (tertiary/aromatic N) is 2. The summed E-state index contributed by atoms with van der Waals surface area (Å²) >= 11 is 3.91. The van der Waals surface area contributed by atoms with Gasteiger partial charge in [0.05, 0.1) is 0 Å². The second kappa shape index (κ2) is 5.02. The Morgan fingerprint density at radius 2 is 2.06 bits per heavy atom. The lowest BCUT2D eigenvalue weighted by atomic mass is 10.4. The van der Waals surface area contributed by atoms with Crippen molar-refractivity contribution in [3.63, 3.8) is 0 Å². The van der Waals surface area contributed by atoms with Gasteiger partial charge in [0.25, 0.3) is 5.56 Å². The first-order chi connectivity index (χ1) is 7.47. The molecular formula is C9H13N3O3S. The van der Waals surface area contributed by atoms with Crippen molar-refractivity contribution >= 4 is 24.2 Å². The van der Waals surface area contributed by atoms with Gasteiger partial charge in [0.2, 0.25) is 5.91 Å². The van der Waals surface area contributed by atoms with Crippen molar-refractivity contribution in [3.05, 3.63) is 27.0 Å². The number of nitrogens with one attached hydrogen (secondary N) is 1. The van der Waals surface area contributed by atoms with Crippen molar-refractivity contribution in [1.82, 2.24) is 9.13 Å². The Bertz CT molecular complexity index is 518. The topological polar surface area (TPSA) is 73.1 Å². The van der Waals surface area contributed by atoms with Gasteiger partial charge in [0.1, 0.15) is 5.69 Å². The zero-order chi connectivity index (χ0) is 12.3. The molecule has 0 radical (unpaired) electrons. The average molecular weight is 243 g/mol. The second-order valence-electron chi connectivity index (χ2n) is 3.32. The van der Waals surface area contributed by atoms with Crippen molar-refractivity contribution in [2.45, 2.75) is 6.42 Å². The van der Waals surface area contributed by atoms with Gasteiger partial charge in [-0.25, -0.2) is 4.79 Å². The third-order valence-electron chi connectivity index (χ3n) is 2.06. The number of rotatable bonds is 3. The summed E-state index contributed by atoms with van der Waals surface area (Å²) in [6, 6.07) is 0. The summed E-state index contributed by atoms with van der Waals surface area (Å²) in [5, 5.41) is 2.44. The first-order valence-electron chi connectivity index (χ1n) is 4.64. The van der Waals surface area contributed by atoms with E-state index in [1.165, 1.54) is 24.9 Å². The first kappa shape index (κ1) is 12.6. The average Bonchev–Trinajstić information content (AvgIpc) is 2.23. The molecule has 0 spiro atoms. The van der Waals surface area contributed by atoms with Crippen LogP contribution < -0.4 is 16.6 Å². The molecule has 7 heteroatoms. The normalized spacial score (nSPS) is 10.2. The van der Waals surface area contributed by atoms with Crippen LogP contribution in [0.1, 0.15) is 6.42 Å². The van der Waals surface area contributed by atoms with Crippen LogP contribution in [-0.4, -0.2) is 20.8 Å². The molecule has 0 aliphatic carbocycles. The Morgan fingerprint density at radius 3 is 2.62 bits per heavy atom. The molecule has 0 saturated heterocycles. The third-order valence-corrected chi connectivity index (χ3v) is 2.28. The van der Waals surface area contributed by atoms with Gasteiger partial charge in [-0.05, 0) is 5.75 Å². The highest BCUT2D eigenvalue weighted by Gasteiger charge is 2.09. The molecule has 0 fully saturated rings. The van der Waals surface area contributed by atoms with Crippen molar-refractivity contribution in [3.8, 4) is 0 Å². The van der Waals surface area contributed by atoms with Gasteiger partial charge >= 0.3 is 5.69 Å². The van der Waals surface area contributed by atoms with Crippen LogP contribution in [0, 0.1) is 0 Å². The fourth-order valence-electron chi connectivity index (χ4n) is 1.21. The molecule has 0 unspecified atom stereocenters. The maximum absolute atomic E-state index is 11.6. The molecule has 6 nitrogen and oxygen atoms in total. The number of aromatic nitrogens is 2. The minimum absolute atomic E-state index is 0.0939. The molecular weight excluding hydrogens is 230 g/mol. The van der Waals surface area contributed by atoms with Crippen LogP contribution in [0.3, 0.4) is 0 Å². The smallest absolute Gasteiger partial charge is 0.320 e. The molecule has 0 atom stereocenters. The molecule has 1 amide bonds.